The minimum atomic E-state index is -1.09. The Bertz CT molecular complexity index is 2790. The molecule has 6 N–H and O–H groups in total. The van der Waals surface area contributed by atoms with E-state index in [0.29, 0.717) is 11.1 Å². The van der Waals surface area contributed by atoms with Crippen molar-refractivity contribution in [2.24, 2.45) is 0 Å². The highest BCUT2D eigenvalue weighted by Gasteiger charge is 2.50. The third-order valence-electron chi connectivity index (χ3n) is 11.3. The average molecular weight is 737 g/mol. The molecule has 0 fully saturated rings. The molecule has 0 heterocycles. The van der Waals surface area contributed by atoms with E-state index in [-0.39, 0.29) is 22.9 Å². The van der Waals surface area contributed by atoms with Crippen LogP contribution in [-0.2, 0) is 5.41 Å². The molecule has 9 rings (SSSR count). The van der Waals surface area contributed by atoms with Crippen molar-refractivity contribution in [1.29, 1.82) is 0 Å². The van der Waals surface area contributed by atoms with E-state index in [1.807, 2.05) is 86.6 Å². The molecule has 0 aliphatic heterocycles. The third kappa shape index (κ3) is 5.80. The summed E-state index contributed by atoms with van der Waals surface area (Å²) < 4.78 is 0. The number of nitrogen functional groups attached to an aromatic ring is 2. The zero-order chi connectivity index (χ0) is 39.3. The summed E-state index contributed by atoms with van der Waals surface area (Å²) in [5.41, 5.74) is 28.1. The smallest absolute Gasteiger partial charge is 0.141 e. The Hall–Kier alpha value is -7.48. The first-order chi connectivity index (χ1) is 27.8. The predicted molar refractivity (Wildman–Crippen MR) is 234 cm³/mol. The molecule has 1 aliphatic rings. The summed E-state index contributed by atoms with van der Waals surface area (Å²) >= 11 is 0. The first-order valence-electron chi connectivity index (χ1n) is 19.0. The fourth-order valence-electron chi connectivity index (χ4n) is 8.67. The summed E-state index contributed by atoms with van der Waals surface area (Å²) in [7, 11) is 0. The van der Waals surface area contributed by atoms with Gasteiger partial charge in [-0.25, -0.2) is 0 Å². The lowest BCUT2D eigenvalue weighted by molar-refractivity contribution is 0.473. The van der Waals surface area contributed by atoms with Crippen LogP contribution in [0.5, 0.6) is 11.5 Å². The van der Waals surface area contributed by atoms with Crippen molar-refractivity contribution in [3.8, 4) is 67.8 Å². The Morgan fingerprint density at radius 1 is 0.456 bits per heavy atom. The molecular weight excluding hydrogens is 697 g/mol. The molecule has 0 aromatic heterocycles. The van der Waals surface area contributed by atoms with E-state index in [2.05, 4.69) is 109 Å². The van der Waals surface area contributed by atoms with Crippen LogP contribution >= 0.6 is 0 Å². The molecule has 0 amide bonds. The van der Waals surface area contributed by atoms with Gasteiger partial charge in [0.05, 0.1) is 16.8 Å². The van der Waals surface area contributed by atoms with Crippen LogP contribution < -0.4 is 11.5 Å². The molecule has 0 spiro atoms. The van der Waals surface area contributed by atoms with Crippen molar-refractivity contribution in [2.75, 3.05) is 11.5 Å². The normalized spacial score (nSPS) is 12.3. The SMILES string of the molecule is Cc1cc(C2(c3cc(C)c(O)c(N)c3)c3cc(-c4ccccc4)cc(-c4ccccc4)c3-c3c(-c4ccccc4)ccc(C#Cc4ccccc4)c32)cc(N)c1O. The number of phenolic OH excluding ortho intramolecular Hbond substituents is 2. The van der Waals surface area contributed by atoms with Gasteiger partial charge in [-0.3, -0.25) is 0 Å². The van der Waals surface area contributed by atoms with Crippen molar-refractivity contribution in [3.63, 3.8) is 0 Å². The van der Waals surface area contributed by atoms with Crippen molar-refractivity contribution in [3.05, 3.63) is 214 Å². The van der Waals surface area contributed by atoms with Gasteiger partial charge in [0, 0.05) is 11.1 Å². The summed E-state index contributed by atoms with van der Waals surface area (Å²) in [6.45, 7) is 3.75. The molecule has 0 saturated carbocycles. The van der Waals surface area contributed by atoms with Gasteiger partial charge in [-0.2, -0.15) is 0 Å². The van der Waals surface area contributed by atoms with Crippen molar-refractivity contribution < 1.29 is 10.2 Å². The third-order valence-corrected chi connectivity index (χ3v) is 11.3. The zero-order valence-electron chi connectivity index (χ0n) is 31.7. The standard InChI is InChI=1S/C53H40N2O2/c1-33-27-41(31-46(54)51(33)56)53(42-28-34(2)52(57)47(55)32-42)45-30-40(36-17-9-4-10-18-36)29-44(38-21-13-6-14-22-38)48(45)49-43(37-19-11-5-12-20-37)26-25-39(50(49)53)24-23-35-15-7-3-8-16-35/h3-22,25-32,56-57H,54-55H2,1-2H3. The summed E-state index contributed by atoms with van der Waals surface area (Å²) in [5.74, 6) is 7.21. The Labute approximate surface area is 333 Å². The maximum atomic E-state index is 11.2. The van der Waals surface area contributed by atoms with Crippen LogP contribution in [0.3, 0.4) is 0 Å². The number of anilines is 2. The van der Waals surface area contributed by atoms with E-state index in [1.165, 1.54) is 0 Å². The topological polar surface area (TPSA) is 92.5 Å². The summed E-state index contributed by atoms with van der Waals surface area (Å²) in [4.78, 5) is 0. The van der Waals surface area contributed by atoms with E-state index >= 15 is 0 Å². The second-order valence-corrected chi connectivity index (χ2v) is 14.8. The van der Waals surface area contributed by atoms with Crippen LogP contribution in [0.15, 0.2) is 170 Å². The van der Waals surface area contributed by atoms with E-state index in [0.717, 1.165) is 77.9 Å². The highest BCUT2D eigenvalue weighted by Crippen LogP contribution is 2.63. The molecule has 4 nitrogen and oxygen atoms in total. The Kier molecular flexibility index (Phi) is 8.64. The highest BCUT2D eigenvalue weighted by molar-refractivity contribution is 6.04. The number of phenols is 2. The van der Waals surface area contributed by atoms with Gasteiger partial charge in [0.2, 0.25) is 0 Å². The number of nitrogens with two attached hydrogens (primary N) is 2. The van der Waals surface area contributed by atoms with Gasteiger partial charge in [0.15, 0.2) is 0 Å². The summed E-state index contributed by atoms with van der Waals surface area (Å²) in [6, 6.07) is 58.2. The maximum absolute atomic E-state index is 11.2. The largest absolute Gasteiger partial charge is 0.506 e. The lowest BCUT2D eigenvalue weighted by atomic mass is 9.65. The number of hydrogen-bond donors (Lipinski definition) is 4. The maximum Gasteiger partial charge on any atom is 0.141 e. The first-order valence-corrected chi connectivity index (χ1v) is 19.0. The van der Waals surface area contributed by atoms with Crippen LogP contribution in [0.25, 0.3) is 44.5 Å². The molecule has 8 aromatic carbocycles. The van der Waals surface area contributed by atoms with Gasteiger partial charge in [0.25, 0.3) is 0 Å². The quantitative estimate of drug-likeness (QED) is 0.0804. The van der Waals surface area contributed by atoms with E-state index in [4.69, 9.17) is 11.5 Å². The first kappa shape index (κ1) is 35.2. The lowest BCUT2D eigenvalue weighted by Crippen LogP contribution is -2.30. The molecular formula is C53H40N2O2. The number of aromatic hydroxyl groups is 2. The predicted octanol–water partition coefficient (Wildman–Crippen LogP) is 11.6. The minimum absolute atomic E-state index is 0.0406. The molecule has 8 aromatic rings. The van der Waals surface area contributed by atoms with Crippen LogP contribution in [0.4, 0.5) is 11.4 Å². The van der Waals surface area contributed by atoms with Gasteiger partial charge < -0.3 is 21.7 Å². The zero-order valence-corrected chi connectivity index (χ0v) is 31.7. The van der Waals surface area contributed by atoms with Crippen LogP contribution in [0.2, 0.25) is 0 Å². The van der Waals surface area contributed by atoms with E-state index in [9.17, 15) is 10.2 Å². The summed E-state index contributed by atoms with van der Waals surface area (Å²) in [6.07, 6.45) is 0. The molecule has 274 valence electrons. The molecule has 0 radical (unpaired) electrons. The lowest BCUT2D eigenvalue weighted by Gasteiger charge is -2.36. The van der Waals surface area contributed by atoms with Crippen molar-refractivity contribution in [2.45, 2.75) is 19.3 Å². The second-order valence-electron chi connectivity index (χ2n) is 14.8. The fraction of sp³-hybridized carbons (Fsp3) is 0.0566. The second kappa shape index (κ2) is 14.0. The Balaban J connectivity index is 1.57. The number of benzene rings is 8. The highest BCUT2D eigenvalue weighted by atomic mass is 16.3. The number of hydrogen-bond acceptors (Lipinski definition) is 4. The fourth-order valence-corrected chi connectivity index (χ4v) is 8.67. The van der Waals surface area contributed by atoms with Gasteiger partial charge in [-0.1, -0.05) is 139 Å². The number of aryl methyl sites for hydroxylation is 2. The van der Waals surface area contributed by atoms with Gasteiger partial charge in [0.1, 0.15) is 11.5 Å². The molecule has 57 heavy (non-hydrogen) atoms. The number of fused-ring (bicyclic) bond motifs is 3. The Morgan fingerprint density at radius 3 is 1.47 bits per heavy atom. The molecule has 0 atom stereocenters. The summed E-state index contributed by atoms with van der Waals surface area (Å²) in [5, 5.41) is 22.4. The van der Waals surface area contributed by atoms with Crippen molar-refractivity contribution >= 4 is 11.4 Å². The Morgan fingerprint density at radius 2 is 0.947 bits per heavy atom. The number of rotatable bonds is 5. The molecule has 1 aliphatic carbocycles. The molecule has 4 heteroatoms. The average Bonchev–Trinajstić information content (AvgIpc) is 3.56. The van der Waals surface area contributed by atoms with Crippen LogP contribution in [0, 0.1) is 25.7 Å². The van der Waals surface area contributed by atoms with Gasteiger partial charge in [-0.05, 0) is 134 Å². The van der Waals surface area contributed by atoms with E-state index < -0.39 is 5.41 Å². The van der Waals surface area contributed by atoms with Gasteiger partial charge >= 0.3 is 0 Å². The molecule has 0 saturated heterocycles. The van der Waals surface area contributed by atoms with Crippen molar-refractivity contribution in [1.82, 2.24) is 0 Å². The minimum Gasteiger partial charge on any atom is -0.506 e. The van der Waals surface area contributed by atoms with E-state index in [1.54, 1.807) is 0 Å². The molecule has 0 bridgehead atoms. The molecule has 0 unspecified atom stereocenters. The van der Waals surface area contributed by atoms with Gasteiger partial charge in [-0.15, -0.1) is 0 Å². The van der Waals surface area contributed by atoms with Crippen LogP contribution in [0.1, 0.15) is 44.5 Å². The monoisotopic (exact) mass is 736 g/mol. The van der Waals surface area contributed by atoms with Crippen LogP contribution in [-0.4, -0.2) is 10.2 Å².